The summed E-state index contributed by atoms with van der Waals surface area (Å²) >= 11 is 0. The third-order valence-electron chi connectivity index (χ3n) is 4.84. The molecule has 1 heterocycles. The third-order valence-corrected chi connectivity index (χ3v) is 4.84. The lowest BCUT2D eigenvalue weighted by molar-refractivity contribution is 0.0777. The van der Waals surface area contributed by atoms with Gasteiger partial charge in [0, 0.05) is 44.0 Å². The SMILES string of the molecule is CC(C)N[C@H]1CCc2c(c(C(=O)N(C)Cc3ccccc3)nn2C)C1. The van der Waals surface area contributed by atoms with E-state index in [1.54, 1.807) is 4.90 Å². The van der Waals surface area contributed by atoms with Crippen molar-refractivity contribution in [2.75, 3.05) is 7.05 Å². The zero-order chi connectivity index (χ0) is 18.0. The highest BCUT2D eigenvalue weighted by molar-refractivity contribution is 5.94. The van der Waals surface area contributed by atoms with Gasteiger partial charge in [0.2, 0.25) is 0 Å². The minimum absolute atomic E-state index is 0.00546. The van der Waals surface area contributed by atoms with Gasteiger partial charge in [0.05, 0.1) is 0 Å². The first-order valence-corrected chi connectivity index (χ1v) is 9.06. The highest BCUT2D eigenvalue weighted by Gasteiger charge is 2.29. The molecule has 0 spiro atoms. The lowest BCUT2D eigenvalue weighted by Gasteiger charge is -2.26. The van der Waals surface area contributed by atoms with E-state index >= 15 is 0 Å². The Balaban J connectivity index is 1.79. The Morgan fingerprint density at radius 1 is 1.36 bits per heavy atom. The summed E-state index contributed by atoms with van der Waals surface area (Å²) in [5, 5.41) is 8.17. The number of hydrogen-bond acceptors (Lipinski definition) is 3. The summed E-state index contributed by atoms with van der Waals surface area (Å²) < 4.78 is 1.89. The Morgan fingerprint density at radius 3 is 2.76 bits per heavy atom. The van der Waals surface area contributed by atoms with Gasteiger partial charge in [-0.1, -0.05) is 44.2 Å². The van der Waals surface area contributed by atoms with E-state index in [2.05, 4.69) is 24.3 Å². The van der Waals surface area contributed by atoms with E-state index in [1.807, 2.05) is 49.1 Å². The molecule has 1 aromatic carbocycles. The van der Waals surface area contributed by atoms with Crippen LogP contribution in [-0.2, 0) is 26.4 Å². The van der Waals surface area contributed by atoms with Gasteiger partial charge < -0.3 is 10.2 Å². The molecule has 1 amide bonds. The van der Waals surface area contributed by atoms with E-state index in [0.717, 1.165) is 30.4 Å². The number of carbonyl (C=O) groups excluding carboxylic acids is 1. The van der Waals surface area contributed by atoms with Crippen molar-refractivity contribution in [1.82, 2.24) is 20.0 Å². The van der Waals surface area contributed by atoms with E-state index in [4.69, 9.17) is 0 Å². The van der Waals surface area contributed by atoms with Crippen molar-refractivity contribution in [2.45, 2.75) is 51.7 Å². The number of aryl methyl sites for hydroxylation is 1. The quantitative estimate of drug-likeness (QED) is 0.910. The number of hydrogen-bond donors (Lipinski definition) is 1. The van der Waals surface area contributed by atoms with Crippen LogP contribution in [0.1, 0.15) is 47.6 Å². The molecule has 1 aliphatic rings. The fourth-order valence-corrected chi connectivity index (χ4v) is 3.68. The predicted octanol–water partition coefficient (Wildman–Crippen LogP) is 2.55. The maximum atomic E-state index is 13.0. The van der Waals surface area contributed by atoms with Crippen molar-refractivity contribution in [3.05, 3.63) is 52.8 Å². The topological polar surface area (TPSA) is 50.2 Å². The van der Waals surface area contributed by atoms with Gasteiger partial charge in [0.1, 0.15) is 0 Å². The Morgan fingerprint density at radius 2 is 2.08 bits per heavy atom. The molecule has 0 fully saturated rings. The van der Waals surface area contributed by atoms with Crippen molar-refractivity contribution in [1.29, 1.82) is 0 Å². The number of rotatable bonds is 5. The standard InChI is InChI=1S/C20H28N4O/c1-14(2)21-16-10-11-18-17(12-16)19(22-24(18)4)20(25)23(3)13-15-8-6-5-7-9-15/h5-9,14,16,21H,10-13H2,1-4H3/t16-/m0/s1. The van der Waals surface area contributed by atoms with Crippen molar-refractivity contribution < 1.29 is 4.79 Å². The van der Waals surface area contributed by atoms with Gasteiger partial charge in [0.15, 0.2) is 5.69 Å². The van der Waals surface area contributed by atoms with Gasteiger partial charge in [-0.3, -0.25) is 9.48 Å². The van der Waals surface area contributed by atoms with Crippen LogP contribution < -0.4 is 5.32 Å². The molecule has 1 atom stereocenters. The van der Waals surface area contributed by atoms with Crippen molar-refractivity contribution in [2.24, 2.45) is 7.05 Å². The fourth-order valence-electron chi connectivity index (χ4n) is 3.68. The summed E-state index contributed by atoms with van der Waals surface area (Å²) in [6.07, 6.45) is 2.94. The van der Waals surface area contributed by atoms with Crippen molar-refractivity contribution in [3.8, 4) is 0 Å². The molecule has 5 heteroatoms. The molecular formula is C20H28N4O. The number of benzene rings is 1. The maximum absolute atomic E-state index is 13.0. The Bertz CT molecular complexity index is 736. The van der Waals surface area contributed by atoms with Crippen LogP contribution in [0.4, 0.5) is 0 Å². The van der Waals surface area contributed by atoms with Crippen molar-refractivity contribution in [3.63, 3.8) is 0 Å². The average Bonchev–Trinajstić information content (AvgIpc) is 2.91. The largest absolute Gasteiger partial charge is 0.336 e. The highest BCUT2D eigenvalue weighted by Crippen LogP contribution is 2.25. The Hall–Kier alpha value is -2.14. The minimum atomic E-state index is 0.00546. The molecule has 134 valence electrons. The van der Waals surface area contributed by atoms with Crippen LogP contribution in [0.5, 0.6) is 0 Å². The first-order valence-electron chi connectivity index (χ1n) is 9.06. The summed E-state index contributed by atoms with van der Waals surface area (Å²) in [5.74, 6) is 0.00546. The van der Waals surface area contributed by atoms with E-state index in [1.165, 1.54) is 5.69 Å². The molecule has 0 saturated heterocycles. The van der Waals surface area contributed by atoms with Crippen LogP contribution >= 0.6 is 0 Å². The molecule has 25 heavy (non-hydrogen) atoms. The van der Waals surface area contributed by atoms with E-state index in [9.17, 15) is 4.79 Å². The zero-order valence-electron chi connectivity index (χ0n) is 15.6. The minimum Gasteiger partial charge on any atom is -0.336 e. The second-order valence-electron chi connectivity index (χ2n) is 7.31. The monoisotopic (exact) mass is 340 g/mol. The molecular weight excluding hydrogens is 312 g/mol. The lowest BCUT2D eigenvalue weighted by atomic mass is 9.90. The van der Waals surface area contributed by atoms with Crippen LogP contribution in [0.25, 0.3) is 0 Å². The molecule has 2 aromatic rings. The highest BCUT2D eigenvalue weighted by atomic mass is 16.2. The van der Waals surface area contributed by atoms with Crippen molar-refractivity contribution >= 4 is 5.91 Å². The number of aromatic nitrogens is 2. The number of nitrogens with zero attached hydrogens (tertiary/aromatic N) is 3. The van der Waals surface area contributed by atoms with Gasteiger partial charge in [0.25, 0.3) is 5.91 Å². The summed E-state index contributed by atoms with van der Waals surface area (Å²) in [6.45, 7) is 4.93. The lowest BCUT2D eigenvalue weighted by Crippen LogP contribution is -2.39. The number of nitrogens with one attached hydrogen (secondary N) is 1. The number of amides is 1. The van der Waals surface area contributed by atoms with Crippen LogP contribution in [0.3, 0.4) is 0 Å². The molecule has 1 aliphatic carbocycles. The Labute approximate surface area is 150 Å². The van der Waals surface area contributed by atoms with Gasteiger partial charge in [-0.05, 0) is 24.8 Å². The van der Waals surface area contributed by atoms with Gasteiger partial charge >= 0.3 is 0 Å². The van der Waals surface area contributed by atoms with Crippen LogP contribution in [0.2, 0.25) is 0 Å². The first-order chi connectivity index (χ1) is 12.0. The van der Waals surface area contributed by atoms with Gasteiger partial charge in [-0.15, -0.1) is 0 Å². The molecule has 0 saturated carbocycles. The maximum Gasteiger partial charge on any atom is 0.274 e. The normalized spacial score (nSPS) is 16.8. The zero-order valence-corrected chi connectivity index (χ0v) is 15.6. The summed E-state index contributed by atoms with van der Waals surface area (Å²) in [6, 6.07) is 10.9. The molecule has 3 rings (SSSR count). The summed E-state index contributed by atoms with van der Waals surface area (Å²) in [7, 11) is 3.80. The summed E-state index contributed by atoms with van der Waals surface area (Å²) in [5.41, 5.74) is 4.07. The smallest absolute Gasteiger partial charge is 0.274 e. The molecule has 5 nitrogen and oxygen atoms in total. The van der Waals surface area contributed by atoms with Crippen LogP contribution in [0.15, 0.2) is 30.3 Å². The van der Waals surface area contributed by atoms with E-state index in [-0.39, 0.29) is 5.91 Å². The third kappa shape index (κ3) is 3.93. The van der Waals surface area contributed by atoms with Crippen LogP contribution in [-0.4, -0.2) is 39.7 Å². The van der Waals surface area contributed by atoms with E-state index < -0.39 is 0 Å². The van der Waals surface area contributed by atoms with E-state index in [0.29, 0.717) is 24.3 Å². The predicted molar refractivity (Wildman–Crippen MR) is 99.5 cm³/mol. The Kier molecular flexibility index (Phi) is 5.23. The molecule has 0 aliphatic heterocycles. The fraction of sp³-hybridized carbons (Fsp3) is 0.500. The molecule has 0 unspecified atom stereocenters. The second kappa shape index (κ2) is 7.40. The first kappa shape index (κ1) is 17.7. The molecule has 0 radical (unpaired) electrons. The molecule has 0 bridgehead atoms. The van der Waals surface area contributed by atoms with Gasteiger partial charge in [-0.2, -0.15) is 5.10 Å². The summed E-state index contributed by atoms with van der Waals surface area (Å²) in [4.78, 5) is 14.8. The second-order valence-corrected chi connectivity index (χ2v) is 7.31. The number of carbonyl (C=O) groups is 1. The van der Waals surface area contributed by atoms with Crippen LogP contribution in [0, 0.1) is 0 Å². The van der Waals surface area contributed by atoms with Gasteiger partial charge in [-0.25, -0.2) is 0 Å². The molecule has 1 aromatic heterocycles. The molecule has 1 N–H and O–H groups in total. The average molecular weight is 340 g/mol. The number of fused-ring (bicyclic) bond motifs is 1.